The number of anilines is 1. The number of imide groups is 1. The van der Waals surface area contributed by atoms with E-state index in [-0.39, 0.29) is 29.6 Å². The summed E-state index contributed by atoms with van der Waals surface area (Å²) in [4.78, 5) is 24.6. The Hall–Kier alpha value is -1.73. The van der Waals surface area contributed by atoms with Crippen molar-refractivity contribution < 1.29 is 18.0 Å². The van der Waals surface area contributed by atoms with Crippen LogP contribution in [0, 0.1) is 0 Å². The Morgan fingerprint density at radius 2 is 1.48 bits per heavy atom. The topological polar surface area (TPSA) is 74.8 Å². The molecule has 0 aliphatic carbocycles. The summed E-state index contributed by atoms with van der Waals surface area (Å²) >= 11 is 0. The molecular weight excluding hydrogens is 292 g/mol. The van der Waals surface area contributed by atoms with E-state index in [4.69, 9.17) is 0 Å². The zero-order valence-electron chi connectivity index (χ0n) is 12.1. The number of hydrogen-bond acceptors (Lipinski definition) is 4. The van der Waals surface area contributed by atoms with Gasteiger partial charge < -0.3 is 0 Å². The second-order valence-corrected chi connectivity index (χ2v) is 6.64. The molecule has 6 nitrogen and oxygen atoms in total. The first-order valence-corrected chi connectivity index (χ1v) is 8.31. The van der Waals surface area contributed by atoms with Crippen LogP contribution < -0.4 is 4.90 Å². The molecule has 7 heteroatoms. The van der Waals surface area contributed by atoms with E-state index in [1.165, 1.54) is 28.6 Å². The number of carbonyl (C=O) groups is 2. The van der Waals surface area contributed by atoms with E-state index in [0.717, 1.165) is 4.90 Å². The Bertz CT molecular complexity index is 632. The molecule has 21 heavy (non-hydrogen) atoms. The third-order valence-electron chi connectivity index (χ3n) is 3.49. The molecule has 1 aliphatic heterocycles. The highest BCUT2D eigenvalue weighted by atomic mass is 32.2. The second-order valence-electron chi connectivity index (χ2n) is 4.71. The molecule has 0 aromatic heterocycles. The maximum absolute atomic E-state index is 12.3. The molecule has 0 atom stereocenters. The molecule has 1 aromatic rings. The molecule has 2 amide bonds. The summed E-state index contributed by atoms with van der Waals surface area (Å²) < 4.78 is 26.0. The molecule has 2 rings (SSSR count). The summed E-state index contributed by atoms with van der Waals surface area (Å²) in [6.07, 6.45) is 0.413. The summed E-state index contributed by atoms with van der Waals surface area (Å²) in [6.45, 7) is 4.33. The first-order valence-electron chi connectivity index (χ1n) is 6.87. The van der Waals surface area contributed by atoms with Crippen LogP contribution in [0.25, 0.3) is 0 Å². The van der Waals surface area contributed by atoms with E-state index in [0.29, 0.717) is 18.8 Å². The first-order chi connectivity index (χ1) is 9.91. The number of rotatable bonds is 5. The summed E-state index contributed by atoms with van der Waals surface area (Å²) in [5, 5.41) is 0. The molecule has 1 fully saturated rings. The van der Waals surface area contributed by atoms with Crippen LogP contribution in [0.1, 0.15) is 26.7 Å². The highest BCUT2D eigenvalue weighted by Crippen LogP contribution is 2.25. The van der Waals surface area contributed by atoms with Gasteiger partial charge in [-0.15, -0.1) is 0 Å². The average Bonchev–Trinajstić information content (AvgIpc) is 2.79. The quantitative estimate of drug-likeness (QED) is 0.770. The first kappa shape index (κ1) is 15.7. The maximum atomic E-state index is 12.3. The van der Waals surface area contributed by atoms with Gasteiger partial charge in [0.25, 0.3) is 0 Å². The Morgan fingerprint density at radius 3 is 1.90 bits per heavy atom. The van der Waals surface area contributed by atoms with E-state index in [2.05, 4.69) is 0 Å². The number of amides is 2. The minimum Gasteiger partial charge on any atom is -0.274 e. The zero-order valence-corrected chi connectivity index (χ0v) is 12.9. The molecule has 114 valence electrons. The van der Waals surface area contributed by atoms with Crippen molar-refractivity contribution in [2.45, 2.75) is 31.6 Å². The molecule has 1 aromatic carbocycles. The van der Waals surface area contributed by atoms with E-state index in [1.807, 2.05) is 0 Å². The standard InChI is InChI=1S/C14H18N2O4S/c1-3-15(4-2)21(19,20)12-7-5-11(6-8-12)16-13(17)9-10-14(16)18/h5-8H,3-4,9-10H2,1-2H3. The lowest BCUT2D eigenvalue weighted by molar-refractivity contribution is -0.121. The van der Waals surface area contributed by atoms with Gasteiger partial charge in [-0.3, -0.25) is 14.5 Å². The number of sulfonamides is 1. The van der Waals surface area contributed by atoms with Crippen molar-refractivity contribution in [2.24, 2.45) is 0 Å². The van der Waals surface area contributed by atoms with Crippen LogP contribution in [0.15, 0.2) is 29.2 Å². The number of hydrogen-bond donors (Lipinski definition) is 0. The van der Waals surface area contributed by atoms with Gasteiger partial charge in [-0.25, -0.2) is 8.42 Å². The molecular formula is C14H18N2O4S. The lowest BCUT2D eigenvalue weighted by Gasteiger charge is -2.19. The molecule has 0 radical (unpaired) electrons. The van der Waals surface area contributed by atoms with Crippen LogP contribution in [-0.2, 0) is 19.6 Å². The van der Waals surface area contributed by atoms with Crippen LogP contribution in [0.4, 0.5) is 5.69 Å². The monoisotopic (exact) mass is 310 g/mol. The van der Waals surface area contributed by atoms with Crippen molar-refractivity contribution >= 4 is 27.5 Å². The molecule has 1 aliphatic rings. The molecule has 0 N–H and O–H groups in total. The zero-order chi connectivity index (χ0) is 15.6. The Labute approximate surface area is 124 Å². The van der Waals surface area contributed by atoms with E-state index in [1.54, 1.807) is 13.8 Å². The fourth-order valence-corrected chi connectivity index (χ4v) is 3.80. The fraction of sp³-hybridized carbons (Fsp3) is 0.429. The third-order valence-corrected chi connectivity index (χ3v) is 5.55. The normalized spacial score (nSPS) is 16.0. The largest absolute Gasteiger partial charge is 0.274 e. The third kappa shape index (κ3) is 2.84. The summed E-state index contributed by atoms with van der Waals surface area (Å²) in [7, 11) is -3.52. The van der Waals surface area contributed by atoms with E-state index < -0.39 is 10.0 Å². The molecule has 0 saturated carbocycles. The molecule has 1 saturated heterocycles. The van der Waals surface area contributed by atoms with Crippen molar-refractivity contribution in [3.05, 3.63) is 24.3 Å². The molecule has 0 bridgehead atoms. The van der Waals surface area contributed by atoms with Crippen molar-refractivity contribution in [1.29, 1.82) is 0 Å². The summed E-state index contributed by atoms with van der Waals surface area (Å²) in [6, 6.07) is 5.86. The van der Waals surface area contributed by atoms with Crippen LogP contribution in [-0.4, -0.2) is 37.6 Å². The average molecular weight is 310 g/mol. The van der Waals surface area contributed by atoms with Crippen molar-refractivity contribution in [2.75, 3.05) is 18.0 Å². The number of carbonyl (C=O) groups excluding carboxylic acids is 2. The minimum absolute atomic E-state index is 0.161. The van der Waals surface area contributed by atoms with Gasteiger partial charge in [-0.2, -0.15) is 4.31 Å². The minimum atomic E-state index is -3.52. The number of nitrogens with zero attached hydrogens (tertiary/aromatic N) is 2. The summed E-state index contributed by atoms with van der Waals surface area (Å²) in [5.74, 6) is -0.501. The maximum Gasteiger partial charge on any atom is 0.243 e. The van der Waals surface area contributed by atoms with Crippen molar-refractivity contribution in [3.63, 3.8) is 0 Å². The second kappa shape index (κ2) is 5.95. The van der Waals surface area contributed by atoms with Crippen molar-refractivity contribution in [3.8, 4) is 0 Å². The lowest BCUT2D eigenvalue weighted by Crippen LogP contribution is -2.31. The van der Waals surface area contributed by atoms with Crippen molar-refractivity contribution in [1.82, 2.24) is 4.31 Å². The Morgan fingerprint density at radius 1 is 1.00 bits per heavy atom. The summed E-state index contributed by atoms with van der Waals surface area (Å²) in [5.41, 5.74) is 0.418. The lowest BCUT2D eigenvalue weighted by atomic mass is 10.3. The van der Waals surface area contributed by atoms with Crippen LogP contribution in [0.5, 0.6) is 0 Å². The van der Waals surface area contributed by atoms with Gasteiger partial charge in [0.15, 0.2) is 0 Å². The predicted octanol–water partition coefficient (Wildman–Crippen LogP) is 1.37. The van der Waals surface area contributed by atoms with Crippen LogP contribution in [0.2, 0.25) is 0 Å². The van der Waals surface area contributed by atoms with Gasteiger partial charge in [-0.05, 0) is 24.3 Å². The van der Waals surface area contributed by atoms with E-state index in [9.17, 15) is 18.0 Å². The molecule has 0 unspecified atom stereocenters. The molecule has 1 heterocycles. The van der Waals surface area contributed by atoms with Gasteiger partial charge in [0.1, 0.15) is 0 Å². The predicted molar refractivity (Wildman–Crippen MR) is 78.3 cm³/mol. The smallest absolute Gasteiger partial charge is 0.243 e. The van der Waals surface area contributed by atoms with E-state index >= 15 is 0 Å². The van der Waals surface area contributed by atoms with Gasteiger partial charge in [0, 0.05) is 25.9 Å². The Kier molecular flexibility index (Phi) is 4.43. The van der Waals surface area contributed by atoms with Crippen LogP contribution in [0.3, 0.4) is 0 Å². The van der Waals surface area contributed by atoms with Gasteiger partial charge >= 0.3 is 0 Å². The highest BCUT2D eigenvalue weighted by molar-refractivity contribution is 7.89. The van der Waals surface area contributed by atoms with Gasteiger partial charge in [0.05, 0.1) is 10.6 Å². The van der Waals surface area contributed by atoms with Gasteiger partial charge in [-0.1, -0.05) is 13.8 Å². The SMILES string of the molecule is CCN(CC)S(=O)(=O)c1ccc(N2C(=O)CCC2=O)cc1. The molecule has 0 spiro atoms. The number of benzene rings is 1. The van der Waals surface area contributed by atoms with Gasteiger partial charge in [0.2, 0.25) is 21.8 Å². The highest BCUT2D eigenvalue weighted by Gasteiger charge is 2.30. The van der Waals surface area contributed by atoms with Crippen LogP contribution >= 0.6 is 0 Å². The Balaban J connectivity index is 2.31. The fourth-order valence-electron chi connectivity index (χ4n) is 2.34.